The van der Waals surface area contributed by atoms with E-state index in [1.807, 2.05) is 12.1 Å². The maximum Gasteiger partial charge on any atom is 0.0431 e. The summed E-state index contributed by atoms with van der Waals surface area (Å²) < 4.78 is 12.3. The summed E-state index contributed by atoms with van der Waals surface area (Å²) in [5, 5.41) is 0.383. The van der Waals surface area contributed by atoms with Crippen LogP contribution in [0, 0.1) is 6.92 Å². The van der Waals surface area contributed by atoms with Crippen molar-refractivity contribution in [2.75, 3.05) is 5.75 Å². The number of hydrogen-bond acceptors (Lipinski definition) is 2. The molecule has 1 fully saturated rings. The Morgan fingerprint density at radius 3 is 2.61 bits per heavy atom. The molecule has 1 aromatic rings. The highest BCUT2D eigenvalue weighted by Gasteiger charge is 2.22. The van der Waals surface area contributed by atoms with Crippen molar-refractivity contribution >= 4 is 10.8 Å². The first-order chi connectivity index (χ1) is 8.68. The molecule has 100 valence electrons. The zero-order valence-electron chi connectivity index (χ0n) is 11.1. The largest absolute Gasteiger partial charge is 0.323 e. The fraction of sp³-hybridized carbons (Fsp3) is 0.600. The summed E-state index contributed by atoms with van der Waals surface area (Å²) in [4.78, 5) is 0. The van der Waals surface area contributed by atoms with Gasteiger partial charge in [-0.05, 0) is 30.9 Å². The van der Waals surface area contributed by atoms with E-state index in [1.54, 1.807) is 0 Å². The van der Waals surface area contributed by atoms with Gasteiger partial charge in [0.25, 0.3) is 0 Å². The SMILES string of the molecule is Cc1ccccc1C(N)CS(=O)C1CCCCC1. The van der Waals surface area contributed by atoms with Gasteiger partial charge in [-0.1, -0.05) is 43.5 Å². The van der Waals surface area contributed by atoms with Gasteiger partial charge in [0.15, 0.2) is 0 Å². The van der Waals surface area contributed by atoms with Gasteiger partial charge < -0.3 is 5.73 Å². The summed E-state index contributed by atoms with van der Waals surface area (Å²) in [5.41, 5.74) is 8.55. The molecule has 1 aliphatic rings. The van der Waals surface area contributed by atoms with Crippen LogP contribution >= 0.6 is 0 Å². The van der Waals surface area contributed by atoms with Crippen molar-refractivity contribution in [3.8, 4) is 0 Å². The van der Waals surface area contributed by atoms with E-state index in [2.05, 4.69) is 19.1 Å². The second-order valence-electron chi connectivity index (χ2n) is 5.27. The maximum atomic E-state index is 12.3. The van der Waals surface area contributed by atoms with E-state index in [0.717, 1.165) is 18.4 Å². The van der Waals surface area contributed by atoms with E-state index >= 15 is 0 Å². The minimum Gasteiger partial charge on any atom is -0.323 e. The highest BCUT2D eigenvalue weighted by atomic mass is 32.2. The third-order valence-corrected chi connectivity index (χ3v) is 5.76. The van der Waals surface area contributed by atoms with Crippen molar-refractivity contribution in [3.63, 3.8) is 0 Å². The Bertz CT molecular complexity index is 413. The molecular weight excluding hydrogens is 242 g/mol. The number of nitrogens with two attached hydrogens (primary N) is 1. The van der Waals surface area contributed by atoms with Gasteiger partial charge in [0.05, 0.1) is 0 Å². The Balaban J connectivity index is 1.96. The Morgan fingerprint density at radius 1 is 1.28 bits per heavy atom. The Hall–Kier alpha value is -0.670. The molecule has 1 aromatic carbocycles. The van der Waals surface area contributed by atoms with Gasteiger partial charge in [-0.3, -0.25) is 4.21 Å². The molecule has 3 heteroatoms. The van der Waals surface area contributed by atoms with Crippen LogP contribution in [0.5, 0.6) is 0 Å². The van der Waals surface area contributed by atoms with E-state index in [4.69, 9.17) is 5.73 Å². The first kappa shape index (κ1) is 13.8. The average molecular weight is 265 g/mol. The van der Waals surface area contributed by atoms with Gasteiger partial charge in [-0.2, -0.15) is 0 Å². The van der Waals surface area contributed by atoms with Gasteiger partial charge in [0.2, 0.25) is 0 Å². The molecule has 0 amide bonds. The van der Waals surface area contributed by atoms with E-state index < -0.39 is 10.8 Å². The fourth-order valence-electron chi connectivity index (χ4n) is 2.73. The lowest BCUT2D eigenvalue weighted by Crippen LogP contribution is -2.27. The maximum absolute atomic E-state index is 12.3. The fourth-order valence-corrected chi connectivity index (χ4v) is 4.40. The van der Waals surface area contributed by atoms with Gasteiger partial charge >= 0.3 is 0 Å². The predicted octanol–water partition coefficient (Wildman–Crippen LogP) is 3.08. The lowest BCUT2D eigenvalue weighted by molar-refractivity contribution is 0.503. The lowest BCUT2D eigenvalue weighted by Gasteiger charge is -2.23. The topological polar surface area (TPSA) is 43.1 Å². The summed E-state index contributed by atoms with van der Waals surface area (Å²) in [5.74, 6) is 0.607. The molecule has 2 rings (SSSR count). The van der Waals surface area contributed by atoms with E-state index in [9.17, 15) is 4.21 Å². The van der Waals surface area contributed by atoms with Crippen LogP contribution in [0.2, 0.25) is 0 Å². The molecular formula is C15H23NOS. The van der Waals surface area contributed by atoms with Crippen molar-refractivity contribution in [1.82, 2.24) is 0 Å². The van der Waals surface area contributed by atoms with Crippen LogP contribution in [0.4, 0.5) is 0 Å². The summed E-state index contributed by atoms with van der Waals surface area (Å²) in [6.07, 6.45) is 6.00. The first-order valence-corrected chi connectivity index (χ1v) is 8.25. The van der Waals surface area contributed by atoms with Gasteiger partial charge in [0.1, 0.15) is 0 Å². The zero-order valence-corrected chi connectivity index (χ0v) is 11.9. The Morgan fingerprint density at radius 2 is 1.94 bits per heavy atom. The molecule has 18 heavy (non-hydrogen) atoms. The Labute approximate surface area is 112 Å². The van der Waals surface area contributed by atoms with Gasteiger partial charge in [-0.25, -0.2) is 0 Å². The summed E-state index contributed by atoms with van der Waals surface area (Å²) >= 11 is 0. The quantitative estimate of drug-likeness (QED) is 0.909. The second kappa shape index (κ2) is 6.48. The van der Waals surface area contributed by atoms with Crippen LogP contribution in [0.15, 0.2) is 24.3 Å². The normalized spacial score (nSPS) is 20.6. The van der Waals surface area contributed by atoms with Gasteiger partial charge in [-0.15, -0.1) is 0 Å². The van der Waals surface area contributed by atoms with E-state index in [1.165, 1.54) is 24.8 Å². The lowest BCUT2D eigenvalue weighted by atomic mass is 10.0. The van der Waals surface area contributed by atoms with Crippen LogP contribution in [0.25, 0.3) is 0 Å². The minimum absolute atomic E-state index is 0.0889. The molecule has 0 spiro atoms. The van der Waals surface area contributed by atoms with Crippen LogP contribution in [0.3, 0.4) is 0 Å². The van der Waals surface area contributed by atoms with Gasteiger partial charge in [0, 0.05) is 27.8 Å². The smallest absolute Gasteiger partial charge is 0.0431 e. The van der Waals surface area contributed by atoms with Crippen molar-refractivity contribution in [2.45, 2.75) is 50.3 Å². The van der Waals surface area contributed by atoms with Crippen LogP contribution in [-0.2, 0) is 10.8 Å². The predicted molar refractivity (Wildman–Crippen MR) is 78.0 cm³/mol. The zero-order chi connectivity index (χ0) is 13.0. The summed E-state index contributed by atoms with van der Waals surface area (Å²) in [7, 11) is -0.770. The highest BCUT2D eigenvalue weighted by Crippen LogP contribution is 2.24. The molecule has 0 aromatic heterocycles. The monoisotopic (exact) mass is 265 g/mol. The van der Waals surface area contributed by atoms with Crippen LogP contribution < -0.4 is 5.73 Å². The minimum atomic E-state index is -0.770. The van der Waals surface area contributed by atoms with E-state index in [-0.39, 0.29) is 6.04 Å². The molecule has 0 radical (unpaired) electrons. The van der Waals surface area contributed by atoms with Crippen LogP contribution in [-0.4, -0.2) is 15.2 Å². The molecule has 1 saturated carbocycles. The van der Waals surface area contributed by atoms with Crippen molar-refractivity contribution in [2.24, 2.45) is 5.73 Å². The average Bonchev–Trinajstić information content (AvgIpc) is 2.40. The molecule has 2 unspecified atom stereocenters. The number of hydrogen-bond donors (Lipinski definition) is 1. The summed E-state index contributed by atoms with van der Waals surface area (Å²) in [6, 6.07) is 8.06. The number of aryl methyl sites for hydroxylation is 1. The molecule has 0 heterocycles. The molecule has 2 N–H and O–H groups in total. The summed E-state index contributed by atoms with van der Waals surface area (Å²) in [6.45, 7) is 2.07. The molecule has 0 aliphatic heterocycles. The third-order valence-electron chi connectivity index (χ3n) is 3.86. The van der Waals surface area contributed by atoms with Crippen molar-refractivity contribution in [1.29, 1.82) is 0 Å². The number of benzene rings is 1. The molecule has 2 atom stereocenters. The Kier molecular flexibility index (Phi) is 4.95. The highest BCUT2D eigenvalue weighted by molar-refractivity contribution is 7.85. The van der Waals surface area contributed by atoms with Crippen molar-refractivity contribution < 1.29 is 4.21 Å². The van der Waals surface area contributed by atoms with Crippen LogP contribution in [0.1, 0.15) is 49.3 Å². The molecule has 1 aliphatic carbocycles. The first-order valence-electron chi connectivity index (χ1n) is 6.87. The second-order valence-corrected chi connectivity index (χ2v) is 7.03. The molecule has 2 nitrogen and oxygen atoms in total. The molecule has 0 bridgehead atoms. The van der Waals surface area contributed by atoms with E-state index in [0.29, 0.717) is 11.0 Å². The number of rotatable bonds is 4. The standard InChI is InChI=1S/C15H23NOS/c1-12-7-5-6-10-14(12)15(16)11-18(17)13-8-3-2-4-9-13/h5-7,10,13,15H,2-4,8-9,11,16H2,1H3. The molecule has 0 saturated heterocycles. The van der Waals surface area contributed by atoms with Crippen molar-refractivity contribution in [3.05, 3.63) is 35.4 Å². The third kappa shape index (κ3) is 3.42.